The molecule has 1 aromatic carbocycles. The van der Waals surface area contributed by atoms with Crippen molar-refractivity contribution in [2.45, 2.75) is 0 Å². The van der Waals surface area contributed by atoms with E-state index in [-0.39, 0.29) is 5.75 Å². The number of benzene rings is 1. The molecule has 0 aliphatic rings. The first kappa shape index (κ1) is 11.8. The van der Waals surface area contributed by atoms with Gasteiger partial charge in [-0.05, 0) is 0 Å². The quantitative estimate of drug-likeness (QED) is 0.690. The molecule has 2 nitrogen and oxygen atoms in total. The van der Waals surface area contributed by atoms with E-state index in [2.05, 4.69) is 4.74 Å². The highest BCUT2D eigenvalue weighted by molar-refractivity contribution is 5.24. The minimum Gasteiger partial charge on any atom is -0.497 e. The van der Waals surface area contributed by atoms with Crippen LogP contribution in [0.1, 0.15) is 0 Å². The third-order valence-corrected chi connectivity index (χ3v) is 1.19. The number of aliphatic hydroxyl groups excluding tert-OH is 1. The van der Waals surface area contributed by atoms with Crippen LogP contribution >= 0.6 is 0 Å². The third kappa shape index (κ3) is 2.95. The zero-order chi connectivity index (χ0) is 10.4. The Labute approximate surface area is 73.6 Å². The van der Waals surface area contributed by atoms with Crippen molar-refractivity contribution >= 4 is 0 Å². The van der Waals surface area contributed by atoms with E-state index in [1.54, 1.807) is 0 Å². The Bertz CT molecular complexity index is 253. The first-order valence-corrected chi connectivity index (χ1v) is 3.28. The highest BCUT2D eigenvalue weighted by Gasteiger charge is 2.09. The Morgan fingerprint density at radius 1 is 1.08 bits per heavy atom. The molecule has 0 aliphatic heterocycles. The van der Waals surface area contributed by atoms with Gasteiger partial charge in [0.25, 0.3) is 0 Å². The van der Waals surface area contributed by atoms with Crippen LogP contribution in [0.25, 0.3) is 0 Å². The number of ether oxygens (including phenoxy) is 1. The van der Waals surface area contributed by atoms with E-state index in [1.807, 2.05) is 0 Å². The molecule has 0 heterocycles. The molecule has 0 amide bonds. The van der Waals surface area contributed by atoms with Gasteiger partial charge in [-0.1, -0.05) is 0 Å². The van der Waals surface area contributed by atoms with Gasteiger partial charge in [-0.25, -0.2) is 13.2 Å². The summed E-state index contributed by atoms with van der Waals surface area (Å²) in [5.41, 5.74) is 0. The summed E-state index contributed by atoms with van der Waals surface area (Å²) in [6.07, 6.45) is 0. The van der Waals surface area contributed by atoms with Crippen molar-refractivity contribution in [2.75, 3.05) is 14.2 Å². The minimum atomic E-state index is -1.48. The molecule has 74 valence electrons. The fraction of sp³-hybridized carbons (Fsp3) is 0.250. The number of hydrogen-bond donors (Lipinski definition) is 1. The standard InChI is InChI=1S/C7H5F3O.CH4O/c1-11-4-2-5(8)7(10)6(9)3-4;1-2/h2-3H,1H3;2H,1H3. The first-order chi connectivity index (χ1) is 6.15. The van der Waals surface area contributed by atoms with Crippen LogP contribution in [-0.2, 0) is 0 Å². The fourth-order valence-electron chi connectivity index (χ4n) is 0.650. The summed E-state index contributed by atoms with van der Waals surface area (Å²) < 4.78 is 41.4. The molecule has 0 aromatic heterocycles. The number of methoxy groups -OCH3 is 1. The number of aliphatic hydroxyl groups is 1. The largest absolute Gasteiger partial charge is 0.497 e. The van der Waals surface area contributed by atoms with Crippen LogP contribution < -0.4 is 4.74 Å². The van der Waals surface area contributed by atoms with Crippen LogP contribution in [0.15, 0.2) is 12.1 Å². The minimum absolute atomic E-state index is 0.0404. The predicted molar refractivity (Wildman–Crippen MR) is 41.0 cm³/mol. The van der Waals surface area contributed by atoms with Crippen molar-refractivity contribution in [3.8, 4) is 5.75 Å². The van der Waals surface area contributed by atoms with Crippen molar-refractivity contribution < 1.29 is 23.0 Å². The molecule has 0 unspecified atom stereocenters. The smallest absolute Gasteiger partial charge is 0.194 e. The van der Waals surface area contributed by atoms with Gasteiger partial charge in [0.1, 0.15) is 5.75 Å². The fourth-order valence-corrected chi connectivity index (χ4v) is 0.650. The average Bonchev–Trinajstić information content (AvgIpc) is 2.16. The van der Waals surface area contributed by atoms with Gasteiger partial charge in [-0.3, -0.25) is 0 Å². The molecule has 0 spiro atoms. The molecule has 5 heteroatoms. The Kier molecular flexibility index (Phi) is 4.91. The van der Waals surface area contributed by atoms with Crippen LogP contribution in [0.4, 0.5) is 13.2 Å². The van der Waals surface area contributed by atoms with Gasteiger partial charge < -0.3 is 9.84 Å². The van der Waals surface area contributed by atoms with Crippen molar-refractivity contribution in [1.82, 2.24) is 0 Å². The SMILES string of the molecule is CO.COc1cc(F)c(F)c(F)c1. The van der Waals surface area contributed by atoms with Crippen molar-refractivity contribution in [1.29, 1.82) is 0 Å². The summed E-state index contributed by atoms with van der Waals surface area (Å²) in [6, 6.07) is 1.55. The highest BCUT2D eigenvalue weighted by Crippen LogP contribution is 2.18. The van der Waals surface area contributed by atoms with Gasteiger partial charge in [0.15, 0.2) is 17.5 Å². The Hall–Kier alpha value is -1.23. The molecule has 0 atom stereocenters. The van der Waals surface area contributed by atoms with E-state index < -0.39 is 17.5 Å². The van der Waals surface area contributed by atoms with Gasteiger partial charge in [0.05, 0.1) is 7.11 Å². The lowest BCUT2D eigenvalue weighted by Gasteiger charge is -2.00. The highest BCUT2D eigenvalue weighted by atomic mass is 19.2. The molecular formula is C8H9F3O2. The summed E-state index contributed by atoms with van der Waals surface area (Å²) in [4.78, 5) is 0. The molecule has 0 fully saturated rings. The Balaban J connectivity index is 0.000000671. The Morgan fingerprint density at radius 2 is 1.46 bits per heavy atom. The number of halogens is 3. The van der Waals surface area contributed by atoms with Crippen LogP contribution in [-0.4, -0.2) is 19.3 Å². The monoisotopic (exact) mass is 194 g/mol. The molecule has 1 N–H and O–H groups in total. The van der Waals surface area contributed by atoms with Gasteiger partial charge >= 0.3 is 0 Å². The molecule has 0 saturated carbocycles. The van der Waals surface area contributed by atoms with Gasteiger partial charge in [0.2, 0.25) is 0 Å². The zero-order valence-corrected chi connectivity index (χ0v) is 7.14. The lowest BCUT2D eigenvalue weighted by Crippen LogP contribution is -1.92. The molecular weight excluding hydrogens is 185 g/mol. The average molecular weight is 194 g/mol. The summed E-state index contributed by atoms with van der Waals surface area (Å²) in [7, 11) is 2.24. The van der Waals surface area contributed by atoms with Gasteiger partial charge in [-0.2, -0.15) is 0 Å². The molecule has 0 aliphatic carbocycles. The van der Waals surface area contributed by atoms with E-state index in [0.717, 1.165) is 19.2 Å². The number of rotatable bonds is 1. The first-order valence-electron chi connectivity index (χ1n) is 3.28. The van der Waals surface area contributed by atoms with Crippen molar-refractivity contribution in [3.63, 3.8) is 0 Å². The number of hydrogen-bond acceptors (Lipinski definition) is 2. The molecule has 0 radical (unpaired) electrons. The third-order valence-electron chi connectivity index (χ3n) is 1.19. The van der Waals surface area contributed by atoms with Crippen LogP contribution in [0.3, 0.4) is 0 Å². The predicted octanol–water partition coefficient (Wildman–Crippen LogP) is 1.72. The summed E-state index contributed by atoms with van der Waals surface area (Å²) in [5, 5.41) is 7.00. The summed E-state index contributed by atoms with van der Waals surface area (Å²) >= 11 is 0. The van der Waals surface area contributed by atoms with Crippen molar-refractivity contribution in [2.24, 2.45) is 0 Å². The second kappa shape index (κ2) is 5.42. The summed E-state index contributed by atoms with van der Waals surface area (Å²) in [6.45, 7) is 0. The lowest BCUT2D eigenvalue weighted by atomic mass is 10.3. The van der Waals surface area contributed by atoms with E-state index in [9.17, 15) is 13.2 Å². The molecule has 0 bridgehead atoms. The maximum absolute atomic E-state index is 12.3. The van der Waals surface area contributed by atoms with Gasteiger partial charge in [0, 0.05) is 19.2 Å². The van der Waals surface area contributed by atoms with Gasteiger partial charge in [-0.15, -0.1) is 0 Å². The zero-order valence-electron chi connectivity index (χ0n) is 7.14. The second-order valence-corrected chi connectivity index (χ2v) is 1.91. The van der Waals surface area contributed by atoms with Crippen LogP contribution in [0, 0.1) is 17.5 Å². The molecule has 0 saturated heterocycles. The Morgan fingerprint density at radius 3 is 1.77 bits per heavy atom. The normalized spacial score (nSPS) is 8.77. The summed E-state index contributed by atoms with van der Waals surface area (Å²) in [5.74, 6) is -4.02. The van der Waals surface area contributed by atoms with Crippen LogP contribution in [0.2, 0.25) is 0 Å². The van der Waals surface area contributed by atoms with Crippen molar-refractivity contribution in [3.05, 3.63) is 29.6 Å². The molecule has 1 aromatic rings. The van der Waals surface area contributed by atoms with Crippen LogP contribution in [0.5, 0.6) is 5.75 Å². The topological polar surface area (TPSA) is 29.5 Å². The maximum Gasteiger partial charge on any atom is 0.194 e. The molecule has 13 heavy (non-hydrogen) atoms. The van der Waals surface area contributed by atoms with E-state index in [1.165, 1.54) is 7.11 Å². The maximum atomic E-state index is 12.3. The van der Waals surface area contributed by atoms with E-state index >= 15 is 0 Å². The van der Waals surface area contributed by atoms with E-state index in [4.69, 9.17) is 5.11 Å². The molecule has 1 rings (SSSR count). The second-order valence-electron chi connectivity index (χ2n) is 1.91. The van der Waals surface area contributed by atoms with E-state index in [0.29, 0.717) is 0 Å². The lowest BCUT2D eigenvalue weighted by molar-refractivity contribution is 0.391.